The van der Waals surface area contributed by atoms with E-state index in [9.17, 15) is 4.79 Å². The molecule has 0 spiro atoms. The Morgan fingerprint density at radius 3 is 2.21 bits per heavy atom. The van der Waals surface area contributed by atoms with Gasteiger partial charge in [0.2, 0.25) is 5.95 Å². The first-order chi connectivity index (χ1) is 18.6. The molecule has 2 heterocycles. The zero-order valence-corrected chi connectivity index (χ0v) is 22.8. The summed E-state index contributed by atoms with van der Waals surface area (Å²) in [6.45, 7) is 6.51. The molecule has 6 nitrogen and oxygen atoms in total. The van der Waals surface area contributed by atoms with Gasteiger partial charge in [0.05, 0.1) is 0 Å². The summed E-state index contributed by atoms with van der Waals surface area (Å²) in [4.78, 5) is 29.4. The van der Waals surface area contributed by atoms with Crippen LogP contribution in [0.5, 0.6) is 0 Å². The van der Waals surface area contributed by atoms with E-state index >= 15 is 0 Å². The zero-order chi connectivity index (χ0) is 26.3. The predicted molar refractivity (Wildman–Crippen MR) is 153 cm³/mol. The highest BCUT2D eigenvalue weighted by atomic mass is 16.2. The summed E-state index contributed by atoms with van der Waals surface area (Å²) in [5.41, 5.74) is 2.18. The lowest BCUT2D eigenvalue weighted by Crippen LogP contribution is -2.47. The van der Waals surface area contributed by atoms with E-state index in [1.807, 2.05) is 60.7 Å². The molecular weight excluding hydrogens is 470 g/mol. The molecule has 200 valence electrons. The number of hydrogen-bond acceptors (Lipinski definition) is 5. The van der Waals surface area contributed by atoms with Crippen LogP contribution in [-0.4, -0.2) is 71.0 Å². The second-order valence-corrected chi connectivity index (χ2v) is 11.0. The highest BCUT2D eigenvalue weighted by Gasteiger charge is 2.39. The van der Waals surface area contributed by atoms with Crippen LogP contribution >= 0.6 is 0 Å². The van der Waals surface area contributed by atoms with Crippen molar-refractivity contribution in [3.63, 3.8) is 0 Å². The normalized spacial score (nSPS) is 22.3. The van der Waals surface area contributed by atoms with Crippen LogP contribution in [0.3, 0.4) is 0 Å². The van der Waals surface area contributed by atoms with Gasteiger partial charge in [0, 0.05) is 63.3 Å². The van der Waals surface area contributed by atoms with E-state index < -0.39 is 0 Å². The molecule has 2 aromatic carbocycles. The molecule has 2 fully saturated rings. The van der Waals surface area contributed by atoms with Gasteiger partial charge in [0.15, 0.2) is 0 Å². The maximum absolute atomic E-state index is 13.2. The number of anilines is 1. The molecule has 1 saturated carbocycles. The van der Waals surface area contributed by atoms with Crippen molar-refractivity contribution in [1.82, 2.24) is 19.8 Å². The van der Waals surface area contributed by atoms with Crippen molar-refractivity contribution in [2.24, 2.45) is 5.92 Å². The summed E-state index contributed by atoms with van der Waals surface area (Å²) >= 11 is 0. The summed E-state index contributed by atoms with van der Waals surface area (Å²) in [5, 5.41) is 0. The van der Waals surface area contributed by atoms with Crippen molar-refractivity contribution in [1.29, 1.82) is 0 Å². The Morgan fingerprint density at radius 1 is 0.895 bits per heavy atom. The number of rotatable bonds is 9. The van der Waals surface area contributed by atoms with Crippen LogP contribution in [0.25, 0.3) is 0 Å². The van der Waals surface area contributed by atoms with Gasteiger partial charge in [-0.05, 0) is 67.7 Å². The van der Waals surface area contributed by atoms with Crippen LogP contribution in [0, 0.1) is 5.92 Å². The van der Waals surface area contributed by atoms with Crippen LogP contribution in [0.1, 0.15) is 60.9 Å². The lowest BCUT2D eigenvalue weighted by molar-refractivity contribution is 0.0729. The second-order valence-electron chi connectivity index (χ2n) is 11.0. The van der Waals surface area contributed by atoms with E-state index in [-0.39, 0.29) is 11.9 Å². The smallest absolute Gasteiger partial charge is 0.253 e. The topological polar surface area (TPSA) is 52.6 Å². The van der Waals surface area contributed by atoms with E-state index in [2.05, 4.69) is 57.0 Å². The van der Waals surface area contributed by atoms with E-state index in [4.69, 9.17) is 0 Å². The van der Waals surface area contributed by atoms with Crippen molar-refractivity contribution >= 4 is 11.9 Å². The minimum absolute atomic E-state index is 0.128. The second kappa shape index (κ2) is 12.5. The van der Waals surface area contributed by atoms with E-state index in [1.54, 1.807) is 0 Å². The van der Waals surface area contributed by atoms with Crippen molar-refractivity contribution in [2.45, 2.75) is 57.0 Å². The monoisotopic (exact) mass is 511 g/mol. The Hall–Kier alpha value is -3.25. The number of benzene rings is 2. The van der Waals surface area contributed by atoms with Gasteiger partial charge in [-0.3, -0.25) is 4.79 Å². The Labute approximate surface area is 227 Å². The fourth-order valence-corrected chi connectivity index (χ4v) is 6.54. The third kappa shape index (κ3) is 6.07. The molecule has 3 aromatic rings. The Morgan fingerprint density at radius 2 is 1.55 bits per heavy atom. The number of nitrogens with zero attached hydrogens (tertiary/aromatic N) is 5. The Bertz CT molecular complexity index is 1130. The summed E-state index contributed by atoms with van der Waals surface area (Å²) < 4.78 is 0. The van der Waals surface area contributed by atoms with Crippen molar-refractivity contribution in [3.05, 3.63) is 90.3 Å². The van der Waals surface area contributed by atoms with Crippen LogP contribution in [0.2, 0.25) is 0 Å². The number of hydrogen-bond donors (Lipinski definition) is 0. The first-order valence-electron chi connectivity index (χ1n) is 14.3. The van der Waals surface area contributed by atoms with Gasteiger partial charge >= 0.3 is 0 Å². The van der Waals surface area contributed by atoms with Gasteiger partial charge in [-0.25, -0.2) is 9.97 Å². The minimum Gasteiger partial charge on any atom is -0.339 e. The molecule has 38 heavy (non-hydrogen) atoms. The van der Waals surface area contributed by atoms with Crippen molar-refractivity contribution in [2.75, 3.05) is 38.1 Å². The quantitative estimate of drug-likeness (QED) is 0.380. The number of piperidine rings is 1. The summed E-state index contributed by atoms with van der Waals surface area (Å²) in [6.07, 6.45) is 9.13. The number of aromatic nitrogens is 2. The van der Waals surface area contributed by atoms with Gasteiger partial charge in [-0.2, -0.15) is 0 Å². The Kier molecular flexibility index (Phi) is 8.69. The largest absolute Gasteiger partial charge is 0.339 e. The van der Waals surface area contributed by atoms with E-state index in [1.165, 1.54) is 5.56 Å². The molecule has 1 aliphatic carbocycles. The molecule has 1 saturated heterocycles. The van der Waals surface area contributed by atoms with Gasteiger partial charge in [-0.1, -0.05) is 55.5 Å². The SMILES string of the molecule is CCCN(c1ncccn1)C1CCN(C[C@H]2C[C@H](N(C)C(=O)c3ccccc3)C[C@@H]2c2ccccc2)CC1. The summed E-state index contributed by atoms with van der Waals surface area (Å²) in [5.74, 6) is 2.00. The third-order valence-corrected chi connectivity index (χ3v) is 8.55. The maximum atomic E-state index is 13.2. The lowest BCUT2D eigenvalue weighted by atomic mass is 9.88. The average Bonchev–Trinajstić information content (AvgIpc) is 3.40. The van der Waals surface area contributed by atoms with Gasteiger partial charge in [0.25, 0.3) is 5.91 Å². The first kappa shape index (κ1) is 26.4. The lowest BCUT2D eigenvalue weighted by Gasteiger charge is -2.39. The highest BCUT2D eigenvalue weighted by molar-refractivity contribution is 5.94. The number of likely N-dealkylation sites (tertiary alicyclic amines) is 1. The van der Waals surface area contributed by atoms with E-state index in [0.717, 1.165) is 69.8 Å². The summed E-state index contributed by atoms with van der Waals surface area (Å²) in [6, 6.07) is 23.3. The minimum atomic E-state index is 0.128. The molecule has 0 unspecified atom stereocenters. The molecule has 0 bridgehead atoms. The first-order valence-corrected chi connectivity index (χ1v) is 14.3. The molecule has 0 radical (unpaired) electrons. The number of carbonyl (C=O) groups excluding carboxylic acids is 1. The van der Waals surface area contributed by atoms with Crippen molar-refractivity contribution < 1.29 is 4.79 Å². The van der Waals surface area contributed by atoms with Crippen LogP contribution in [0.15, 0.2) is 79.1 Å². The highest BCUT2D eigenvalue weighted by Crippen LogP contribution is 2.42. The van der Waals surface area contributed by atoms with Crippen molar-refractivity contribution in [3.8, 4) is 0 Å². The zero-order valence-electron chi connectivity index (χ0n) is 22.8. The fourth-order valence-electron chi connectivity index (χ4n) is 6.54. The number of amides is 1. The molecule has 1 amide bonds. The van der Waals surface area contributed by atoms with Crippen LogP contribution in [0.4, 0.5) is 5.95 Å². The predicted octanol–water partition coefficient (Wildman–Crippen LogP) is 5.49. The third-order valence-electron chi connectivity index (χ3n) is 8.55. The average molecular weight is 512 g/mol. The molecular formula is C32H41N5O. The summed E-state index contributed by atoms with van der Waals surface area (Å²) in [7, 11) is 1.99. The standard InChI is InChI=1S/C32H41N5O/c1-3-19-37(32-33-17-10-18-34-32)28-15-20-36(21-16-28)24-27-22-29(23-30(27)25-11-6-4-7-12-25)35(2)31(38)26-13-8-5-9-14-26/h4-14,17-18,27-30H,3,15-16,19-24H2,1-2H3/t27-,29+,30-/m1/s1. The molecule has 6 heteroatoms. The molecule has 0 N–H and O–H groups in total. The Balaban J connectivity index is 1.25. The van der Waals surface area contributed by atoms with Crippen LogP contribution in [-0.2, 0) is 0 Å². The maximum Gasteiger partial charge on any atom is 0.253 e. The molecule has 3 atom stereocenters. The molecule has 1 aromatic heterocycles. The molecule has 2 aliphatic rings. The van der Waals surface area contributed by atoms with Gasteiger partial charge in [-0.15, -0.1) is 0 Å². The molecule has 1 aliphatic heterocycles. The molecule has 5 rings (SSSR count). The van der Waals surface area contributed by atoms with E-state index in [0.29, 0.717) is 17.9 Å². The van der Waals surface area contributed by atoms with Gasteiger partial charge < -0.3 is 14.7 Å². The fraction of sp³-hybridized carbons (Fsp3) is 0.469. The van der Waals surface area contributed by atoms with Crippen LogP contribution < -0.4 is 4.90 Å². The number of carbonyl (C=O) groups is 1. The van der Waals surface area contributed by atoms with Gasteiger partial charge in [0.1, 0.15) is 0 Å².